The molecule has 0 unspecified atom stereocenters. The molecule has 1 fully saturated rings. The van der Waals surface area contributed by atoms with Crippen LogP contribution in [0.4, 0.5) is 0 Å². The second-order valence-electron chi connectivity index (χ2n) is 3.87. The smallest absolute Gasteiger partial charge is 0.136 e. The monoisotopic (exact) mass is 190 g/mol. The molecule has 1 aliphatic rings. The molecule has 2 heteroatoms. The van der Waals surface area contributed by atoms with Crippen LogP contribution in [-0.2, 0) is 4.74 Å². The Morgan fingerprint density at radius 3 is 2.71 bits per heavy atom. The molecule has 2 nitrogen and oxygen atoms in total. The summed E-state index contributed by atoms with van der Waals surface area (Å²) in [5, 5.41) is 10.00. The van der Waals surface area contributed by atoms with E-state index in [-0.39, 0.29) is 0 Å². The molecular weight excluding hydrogens is 176 g/mol. The molecule has 1 aliphatic heterocycles. The molecule has 74 valence electrons. The summed E-state index contributed by atoms with van der Waals surface area (Å²) >= 11 is 0. The van der Waals surface area contributed by atoms with Gasteiger partial charge in [-0.25, -0.2) is 0 Å². The Morgan fingerprint density at radius 1 is 1.50 bits per heavy atom. The Labute approximate surface area is 83.8 Å². The minimum absolute atomic E-state index is 0.361. The van der Waals surface area contributed by atoms with Crippen molar-refractivity contribution in [3.63, 3.8) is 0 Å². The molecule has 1 heterocycles. The van der Waals surface area contributed by atoms with E-state index in [1.54, 1.807) is 0 Å². The molecule has 0 atom stereocenters. The zero-order valence-corrected chi connectivity index (χ0v) is 8.29. The molecule has 0 spiro atoms. The first-order valence-corrected chi connectivity index (χ1v) is 4.68. The van der Waals surface area contributed by atoms with Crippen LogP contribution in [0.3, 0.4) is 0 Å². The summed E-state index contributed by atoms with van der Waals surface area (Å²) in [6.45, 7) is 6.68. The van der Waals surface area contributed by atoms with Crippen LogP contribution in [0.15, 0.2) is 30.8 Å². The van der Waals surface area contributed by atoms with E-state index in [0.29, 0.717) is 13.2 Å². The summed E-state index contributed by atoms with van der Waals surface area (Å²) in [6.07, 6.45) is 0. The zero-order chi connectivity index (χ0) is 10.2. The molecule has 1 N–H and O–H groups in total. The fourth-order valence-electron chi connectivity index (χ4n) is 1.57. The fourth-order valence-corrected chi connectivity index (χ4v) is 1.57. The lowest BCUT2D eigenvalue weighted by Crippen LogP contribution is -2.50. The highest BCUT2D eigenvalue weighted by atomic mass is 16.5. The summed E-state index contributed by atoms with van der Waals surface area (Å²) in [5.74, 6) is 0. The molecule has 1 aromatic carbocycles. The van der Waals surface area contributed by atoms with Gasteiger partial charge in [0.15, 0.2) is 0 Å². The number of rotatable bonds is 2. The Bertz CT molecular complexity index is 364. The Kier molecular flexibility index (Phi) is 2.17. The molecule has 0 radical (unpaired) electrons. The average Bonchev–Trinajstić information content (AvgIpc) is 2.13. The van der Waals surface area contributed by atoms with Gasteiger partial charge in [0, 0.05) is 0 Å². The van der Waals surface area contributed by atoms with Crippen LogP contribution in [0.25, 0.3) is 5.57 Å². The van der Waals surface area contributed by atoms with Crippen molar-refractivity contribution in [3.05, 3.63) is 42.0 Å². The topological polar surface area (TPSA) is 29.5 Å². The number of hydrogen-bond donors (Lipinski definition) is 1. The van der Waals surface area contributed by atoms with Gasteiger partial charge in [-0.15, -0.1) is 0 Å². The minimum atomic E-state index is -0.839. The van der Waals surface area contributed by atoms with Gasteiger partial charge in [-0.3, -0.25) is 0 Å². The molecule has 2 rings (SSSR count). The number of hydrogen-bond acceptors (Lipinski definition) is 2. The number of benzene rings is 1. The predicted octanol–water partition coefficient (Wildman–Crippen LogP) is 1.77. The highest BCUT2D eigenvalue weighted by molar-refractivity contribution is 5.71. The summed E-state index contributed by atoms with van der Waals surface area (Å²) in [6, 6.07) is 7.99. The van der Waals surface area contributed by atoms with Gasteiger partial charge in [-0.1, -0.05) is 36.4 Å². The first-order valence-electron chi connectivity index (χ1n) is 4.68. The summed E-state index contributed by atoms with van der Waals surface area (Å²) in [4.78, 5) is 0. The third-order valence-electron chi connectivity index (χ3n) is 2.61. The number of aryl methyl sites for hydroxylation is 1. The Hall–Kier alpha value is -1.12. The molecule has 1 saturated heterocycles. The Balaban J connectivity index is 2.27. The van der Waals surface area contributed by atoms with E-state index in [9.17, 15) is 5.11 Å². The highest BCUT2D eigenvalue weighted by Gasteiger charge is 2.39. The van der Waals surface area contributed by atoms with Gasteiger partial charge in [0.05, 0.1) is 13.2 Å². The third kappa shape index (κ3) is 1.47. The molecule has 0 bridgehead atoms. The van der Waals surface area contributed by atoms with E-state index in [1.807, 2.05) is 31.2 Å². The van der Waals surface area contributed by atoms with Crippen LogP contribution in [0.5, 0.6) is 0 Å². The van der Waals surface area contributed by atoms with Crippen molar-refractivity contribution in [1.29, 1.82) is 0 Å². The van der Waals surface area contributed by atoms with Gasteiger partial charge in [0.25, 0.3) is 0 Å². The van der Waals surface area contributed by atoms with Gasteiger partial charge in [0.1, 0.15) is 5.60 Å². The van der Waals surface area contributed by atoms with E-state index in [1.165, 1.54) is 5.56 Å². The molecule has 1 aromatic rings. The van der Waals surface area contributed by atoms with Crippen molar-refractivity contribution in [2.45, 2.75) is 12.5 Å². The van der Waals surface area contributed by atoms with E-state index < -0.39 is 5.60 Å². The summed E-state index contributed by atoms with van der Waals surface area (Å²) in [7, 11) is 0. The standard InChI is InChI=1S/C12H14O2/c1-9-4-3-5-11(6-9)10(2)12(13)7-14-8-12/h3-6,13H,2,7-8H2,1H3. The van der Waals surface area contributed by atoms with Gasteiger partial charge < -0.3 is 9.84 Å². The fraction of sp³-hybridized carbons (Fsp3) is 0.333. The number of aliphatic hydroxyl groups is 1. The van der Waals surface area contributed by atoms with E-state index >= 15 is 0 Å². The van der Waals surface area contributed by atoms with Crippen molar-refractivity contribution in [2.24, 2.45) is 0 Å². The van der Waals surface area contributed by atoms with Gasteiger partial charge >= 0.3 is 0 Å². The van der Waals surface area contributed by atoms with Gasteiger partial charge in [-0.05, 0) is 18.1 Å². The lowest BCUT2D eigenvalue weighted by molar-refractivity contribution is -0.140. The quantitative estimate of drug-likeness (QED) is 0.770. The van der Waals surface area contributed by atoms with E-state index in [4.69, 9.17) is 4.74 Å². The predicted molar refractivity (Wildman–Crippen MR) is 56.0 cm³/mol. The van der Waals surface area contributed by atoms with Crippen molar-refractivity contribution in [2.75, 3.05) is 13.2 Å². The molecule has 0 saturated carbocycles. The van der Waals surface area contributed by atoms with Crippen LogP contribution >= 0.6 is 0 Å². The SMILES string of the molecule is C=C(c1cccc(C)c1)C1(O)COC1. The van der Waals surface area contributed by atoms with Crippen molar-refractivity contribution in [3.8, 4) is 0 Å². The maximum absolute atomic E-state index is 10.00. The second kappa shape index (κ2) is 3.23. The molecule has 0 amide bonds. The molecule has 0 aliphatic carbocycles. The molecule has 0 aromatic heterocycles. The lowest BCUT2D eigenvalue weighted by Gasteiger charge is -2.38. The van der Waals surface area contributed by atoms with Crippen LogP contribution < -0.4 is 0 Å². The summed E-state index contributed by atoms with van der Waals surface area (Å²) in [5.41, 5.74) is 2.09. The van der Waals surface area contributed by atoms with Gasteiger partial charge in [0.2, 0.25) is 0 Å². The zero-order valence-electron chi connectivity index (χ0n) is 8.29. The van der Waals surface area contributed by atoms with Crippen molar-refractivity contribution >= 4 is 5.57 Å². The van der Waals surface area contributed by atoms with Crippen molar-refractivity contribution in [1.82, 2.24) is 0 Å². The highest BCUT2D eigenvalue weighted by Crippen LogP contribution is 2.32. The lowest BCUT2D eigenvalue weighted by atomic mass is 9.87. The number of ether oxygens (including phenoxy) is 1. The third-order valence-corrected chi connectivity index (χ3v) is 2.61. The first kappa shape index (κ1) is 9.44. The van der Waals surface area contributed by atoms with Crippen LogP contribution in [0, 0.1) is 6.92 Å². The second-order valence-corrected chi connectivity index (χ2v) is 3.87. The Morgan fingerprint density at radius 2 is 2.21 bits per heavy atom. The largest absolute Gasteiger partial charge is 0.380 e. The normalized spacial score (nSPS) is 18.7. The van der Waals surface area contributed by atoms with Crippen LogP contribution in [0.2, 0.25) is 0 Å². The minimum Gasteiger partial charge on any atom is -0.380 e. The van der Waals surface area contributed by atoms with E-state index in [0.717, 1.165) is 11.1 Å². The van der Waals surface area contributed by atoms with Crippen LogP contribution in [0.1, 0.15) is 11.1 Å². The average molecular weight is 190 g/mol. The van der Waals surface area contributed by atoms with Crippen LogP contribution in [-0.4, -0.2) is 23.9 Å². The maximum Gasteiger partial charge on any atom is 0.136 e. The molecule has 14 heavy (non-hydrogen) atoms. The van der Waals surface area contributed by atoms with Gasteiger partial charge in [-0.2, -0.15) is 0 Å². The maximum atomic E-state index is 10.00. The summed E-state index contributed by atoms with van der Waals surface area (Å²) < 4.78 is 5.00. The first-order chi connectivity index (χ1) is 6.62. The molecular formula is C12H14O2. The van der Waals surface area contributed by atoms with Crippen molar-refractivity contribution < 1.29 is 9.84 Å². The van der Waals surface area contributed by atoms with E-state index in [2.05, 4.69) is 6.58 Å².